The van der Waals surface area contributed by atoms with E-state index < -0.39 is 0 Å². The van der Waals surface area contributed by atoms with Crippen molar-refractivity contribution >= 4 is 5.97 Å². The van der Waals surface area contributed by atoms with Crippen molar-refractivity contribution in [2.45, 2.75) is 32.9 Å². The molecule has 0 aliphatic heterocycles. The van der Waals surface area contributed by atoms with Crippen molar-refractivity contribution < 1.29 is 9.53 Å². The molecule has 17 heavy (non-hydrogen) atoms. The van der Waals surface area contributed by atoms with E-state index in [-0.39, 0.29) is 18.1 Å². The summed E-state index contributed by atoms with van der Waals surface area (Å²) in [6.07, 6.45) is 0. The van der Waals surface area contributed by atoms with E-state index in [0.29, 0.717) is 6.61 Å². The average molecular weight is 235 g/mol. The molecule has 0 radical (unpaired) electrons. The first-order valence-corrected chi connectivity index (χ1v) is 6.01. The molecule has 0 aromatic heterocycles. The van der Waals surface area contributed by atoms with Crippen LogP contribution in [0.15, 0.2) is 30.3 Å². The highest BCUT2D eigenvalue weighted by Crippen LogP contribution is 2.22. The highest BCUT2D eigenvalue weighted by molar-refractivity contribution is 5.77. The Morgan fingerprint density at radius 1 is 1.29 bits per heavy atom. The molecule has 0 heterocycles. The zero-order chi connectivity index (χ0) is 12.8. The van der Waals surface area contributed by atoms with Gasteiger partial charge in [-0.05, 0) is 33.4 Å². The fourth-order valence-corrected chi connectivity index (χ4v) is 1.69. The molecule has 0 saturated carbocycles. The van der Waals surface area contributed by atoms with Crippen LogP contribution in [0.3, 0.4) is 0 Å². The fourth-order valence-electron chi connectivity index (χ4n) is 1.69. The number of esters is 1. The van der Waals surface area contributed by atoms with Crippen molar-refractivity contribution in [3.63, 3.8) is 0 Å². The van der Waals surface area contributed by atoms with Crippen LogP contribution in [-0.4, -0.2) is 30.6 Å². The Bertz CT molecular complexity index is 348. The van der Waals surface area contributed by atoms with Crippen LogP contribution >= 0.6 is 0 Å². The third kappa shape index (κ3) is 3.56. The summed E-state index contributed by atoms with van der Waals surface area (Å²) in [5, 5.41) is 0. The van der Waals surface area contributed by atoms with Gasteiger partial charge < -0.3 is 4.74 Å². The van der Waals surface area contributed by atoms with Gasteiger partial charge in [0, 0.05) is 6.04 Å². The van der Waals surface area contributed by atoms with Gasteiger partial charge in [-0.3, -0.25) is 4.90 Å². The molecule has 0 spiro atoms. The molecule has 1 aromatic carbocycles. The topological polar surface area (TPSA) is 29.5 Å². The van der Waals surface area contributed by atoms with Crippen LogP contribution in [0.2, 0.25) is 0 Å². The van der Waals surface area contributed by atoms with Gasteiger partial charge in [-0.2, -0.15) is 0 Å². The molecule has 1 atom stereocenters. The predicted molar refractivity (Wildman–Crippen MR) is 68.7 cm³/mol. The number of rotatable bonds is 5. The number of ether oxygens (including phenoxy) is 1. The molecular formula is C14H21NO2. The Morgan fingerprint density at radius 3 is 2.35 bits per heavy atom. The second-order valence-corrected chi connectivity index (χ2v) is 4.32. The van der Waals surface area contributed by atoms with Gasteiger partial charge in [-0.15, -0.1) is 0 Å². The van der Waals surface area contributed by atoms with Gasteiger partial charge in [0.15, 0.2) is 0 Å². The zero-order valence-corrected chi connectivity index (χ0v) is 11.0. The molecule has 1 aromatic rings. The van der Waals surface area contributed by atoms with Crippen LogP contribution in [0.1, 0.15) is 32.4 Å². The lowest BCUT2D eigenvalue weighted by Crippen LogP contribution is -2.36. The van der Waals surface area contributed by atoms with Crippen molar-refractivity contribution in [3.8, 4) is 0 Å². The number of carbonyl (C=O) groups excluding carboxylic acids is 1. The highest BCUT2D eigenvalue weighted by atomic mass is 16.5. The molecule has 0 amide bonds. The maximum atomic E-state index is 12.0. The molecule has 3 nitrogen and oxygen atoms in total. The monoisotopic (exact) mass is 235 g/mol. The smallest absolute Gasteiger partial charge is 0.327 e. The third-order valence-corrected chi connectivity index (χ3v) is 2.85. The Labute approximate surface area is 103 Å². The molecule has 0 N–H and O–H groups in total. The van der Waals surface area contributed by atoms with Gasteiger partial charge >= 0.3 is 5.97 Å². The maximum absolute atomic E-state index is 12.0. The number of carbonyl (C=O) groups is 1. The lowest BCUT2D eigenvalue weighted by Gasteiger charge is -2.29. The van der Waals surface area contributed by atoms with Crippen molar-refractivity contribution in [2.75, 3.05) is 13.7 Å². The molecule has 0 aliphatic rings. The minimum Gasteiger partial charge on any atom is -0.465 e. The minimum absolute atomic E-state index is 0.185. The van der Waals surface area contributed by atoms with Gasteiger partial charge in [-0.25, -0.2) is 4.79 Å². The number of likely N-dealkylation sites (N-methyl/N-ethyl adjacent to an activating group) is 1. The largest absolute Gasteiger partial charge is 0.465 e. The lowest BCUT2D eigenvalue weighted by molar-refractivity contribution is -0.150. The van der Waals surface area contributed by atoms with Crippen LogP contribution in [0, 0.1) is 0 Å². The van der Waals surface area contributed by atoms with Crippen molar-refractivity contribution in [3.05, 3.63) is 35.9 Å². The molecule has 0 aliphatic carbocycles. The van der Waals surface area contributed by atoms with E-state index in [4.69, 9.17) is 4.74 Å². The van der Waals surface area contributed by atoms with Gasteiger partial charge in [0.05, 0.1) is 6.61 Å². The molecule has 1 rings (SSSR count). The van der Waals surface area contributed by atoms with Crippen molar-refractivity contribution in [2.24, 2.45) is 0 Å². The first kappa shape index (κ1) is 13.7. The minimum atomic E-state index is -0.323. The summed E-state index contributed by atoms with van der Waals surface area (Å²) < 4.78 is 5.15. The Hall–Kier alpha value is -1.35. The van der Waals surface area contributed by atoms with Crippen molar-refractivity contribution in [1.82, 2.24) is 4.90 Å². The highest BCUT2D eigenvalue weighted by Gasteiger charge is 2.27. The Morgan fingerprint density at radius 2 is 1.88 bits per heavy atom. The molecule has 94 valence electrons. The predicted octanol–water partition coefficient (Wildman–Crippen LogP) is 2.63. The van der Waals surface area contributed by atoms with Gasteiger partial charge in [0.2, 0.25) is 0 Å². The summed E-state index contributed by atoms with van der Waals surface area (Å²) >= 11 is 0. The van der Waals surface area contributed by atoms with Crippen LogP contribution in [-0.2, 0) is 9.53 Å². The summed E-state index contributed by atoms with van der Waals surface area (Å²) in [6, 6.07) is 9.70. The van der Waals surface area contributed by atoms with E-state index >= 15 is 0 Å². The van der Waals surface area contributed by atoms with E-state index in [0.717, 1.165) is 5.56 Å². The molecule has 1 unspecified atom stereocenters. The molecule has 0 fully saturated rings. The maximum Gasteiger partial charge on any atom is 0.327 e. The molecule has 3 heteroatoms. The summed E-state index contributed by atoms with van der Waals surface area (Å²) in [6.45, 7) is 6.37. The number of hydrogen-bond donors (Lipinski definition) is 0. The molecule has 0 saturated heterocycles. The zero-order valence-electron chi connectivity index (χ0n) is 11.0. The number of nitrogens with zero attached hydrogens (tertiary/aromatic N) is 1. The summed E-state index contributed by atoms with van der Waals surface area (Å²) in [5.41, 5.74) is 0.974. The normalized spacial score (nSPS) is 12.8. The molecule has 0 bridgehead atoms. The Kier molecular flexibility index (Phi) is 5.16. The Balaban J connectivity index is 2.98. The number of benzene rings is 1. The van der Waals surface area contributed by atoms with Crippen LogP contribution in [0.25, 0.3) is 0 Å². The SMILES string of the molecule is CCOC(=O)C(c1ccccc1)N(C)C(C)C. The van der Waals surface area contributed by atoms with E-state index in [9.17, 15) is 4.79 Å². The fraction of sp³-hybridized carbons (Fsp3) is 0.500. The van der Waals surface area contributed by atoms with E-state index in [1.807, 2.05) is 49.2 Å². The first-order chi connectivity index (χ1) is 8.07. The standard InChI is InChI=1S/C14H21NO2/c1-5-17-14(16)13(15(4)11(2)3)12-9-7-6-8-10-12/h6-11,13H,5H2,1-4H3. The second-order valence-electron chi connectivity index (χ2n) is 4.32. The van der Waals surface area contributed by atoms with Gasteiger partial charge in [-0.1, -0.05) is 30.3 Å². The van der Waals surface area contributed by atoms with Crippen LogP contribution in [0.5, 0.6) is 0 Å². The second kappa shape index (κ2) is 6.40. The summed E-state index contributed by atoms with van der Waals surface area (Å²) in [5.74, 6) is -0.185. The average Bonchev–Trinajstić information content (AvgIpc) is 2.31. The van der Waals surface area contributed by atoms with Crippen LogP contribution in [0.4, 0.5) is 0 Å². The quantitative estimate of drug-likeness (QED) is 0.735. The summed E-state index contributed by atoms with van der Waals surface area (Å²) in [4.78, 5) is 14.0. The van der Waals surface area contributed by atoms with E-state index in [2.05, 4.69) is 13.8 Å². The third-order valence-electron chi connectivity index (χ3n) is 2.85. The number of hydrogen-bond acceptors (Lipinski definition) is 3. The lowest BCUT2D eigenvalue weighted by atomic mass is 10.0. The van der Waals surface area contributed by atoms with Gasteiger partial charge in [0.25, 0.3) is 0 Å². The first-order valence-electron chi connectivity index (χ1n) is 6.01. The van der Waals surface area contributed by atoms with Crippen molar-refractivity contribution in [1.29, 1.82) is 0 Å². The van der Waals surface area contributed by atoms with Crippen LogP contribution < -0.4 is 0 Å². The molecular weight excluding hydrogens is 214 g/mol. The van der Waals surface area contributed by atoms with Gasteiger partial charge in [0.1, 0.15) is 6.04 Å². The van der Waals surface area contributed by atoms with E-state index in [1.54, 1.807) is 0 Å². The summed E-state index contributed by atoms with van der Waals surface area (Å²) in [7, 11) is 1.94. The van der Waals surface area contributed by atoms with E-state index in [1.165, 1.54) is 0 Å².